The Hall–Kier alpha value is -2.86. The molecule has 2 aromatic carbocycles. The highest BCUT2D eigenvalue weighted by Gasteiger charge is 2.28. The van der Waals surface area contributed by atoms with Crippen LogP contribution in [0, 0.1) is 6.92 Å². The topological polar surface area (TPSA) is 53.1 Å². The van der Waals surface area contributed by atoms with Gasteiger partial charge in [0.25, 0.3) is 5.91 Å². The first-order chi connectivity index (χ1) is 13.6. The number of hydrogen-bond acceptors (Lipinski definition) is 4. The van der Waals surface area contributed by atoms with Crippen molar-refractivity contribution in [3.8, 4) is 0 Å². The van der Waals surface area contributed by atoms with Gasteiger partial charge in [-0.25, -0.2) is 0 Å². The zero-order valence-corrected chi connectivity index (χ0v) is 16.1. The summed E-state index contributed by atoms with van der Waals surface area (Å²) in [6.45, 7) is 6.22. The van der Waals surface area contributed by atoms with E-state index in [9.17, 15) is 9.59 Å². The van der Waals surface area contributed by atoms with Gasteiger partial charge in [0.05, 0.1) is 13.2 Å². The molecule has 4 rings (SSSR count). The number of carbonyl (C=O) groups excluding carboxylic acids is 2. The highest BCUT2D eigenvalue weighted by atomic mass is 16.5. The second-order valence-corrected chi connectivity index (χ2v) is 7.26. The lowest BCUT2D eigenvalue weighted by Gasteiger charge is -2.34. The average Bonchev–Trinajstić information content (AvgIpc) is 2.75. The summed E-state index contributed by atoms with van der Waals surface area (Å²) < 4.78 is 5.40. The minimum absolute atomic E-state index is 0.0483. The van der Waals surface area contributed by atoms with Crippen LogP contribution in [0.15, 0.2) is 48.5 Å². The number of morpholine rings is 1. The monoisotopic (exact) mass is 379 g/mol. The zero-order valence-electron chi connectivity index (χ0n) is 16.1. The second-order valence-electron chi connectivity index (χ2n) is 7.26. The van der Waals surface area contributed by atoms with Crippen LogP contribution in [0.4, 0.5) is 11.4 Å². The molecule has 0 unspecified atom stereocenters. The van der Waals surface area contributed by atoms with Gasteiger partial charge >= 0.3 is 0 Å². The van der Waals surface area contributed by atoms with Gasteiger partial charge in [-0.3, -0.25) is 9.59 Å². The molecule has 0 aromatic heterocycles. The molecular formula is C22H25N3O3. The minimum Gasteiger partial charge on any atom is -0.378 e. The van der Waals surface area contributed by atoms with Crippen LogP contribution in [-0.2, 0) is 9.53 Å². The Balaban J connectivity index is 1.44. The molecule has 0 spiro atoms. The molecule has 0 N–H and O–H groups in total. The van der Waals surface area contributed by atoms with Gasteiger partial charge in [-0.1, -0.05) is 23.8 Å². The Morgan fingerprint density at radius 2 is 1.68 bits per heavy atom. The van der Waals surface area contributed by atoms with E-state index in [0.717, 1.165) is 30.0 Å². The second kappa shape index (κ2) is 8.02. The van der Waals surface area contributed by atoms with Crippen molar-refractivity contribution < 1.29 is 14.3 Å². The lowest BCUT2D eigenvalue weighted by Crippen LogP contribution is -2.52. The molecule has 2 aliphatic heterocycles. The third-order valence-electron chi connectivity index (χ3n) is 5.32. The first-order valence-electron chi connectivity index (χ1n) is 9.71. The van der Waals surface area contributed by atoms with Crippen molar-refractivity contribution >= 4 is 23.2 Å². The smallest absolute Gasteiger partial charge is 0.254 e. The van der Waals surface area contributed by atoms with Crippen LogP contribution in [0.25, 0.3) is 0 Å². The molecule has 0 atom stereocenters. The zero-order chi connectivity index (χ0) is 19.5. The molecule has 0 saturated carbocycles. The van der Waals surface area contributed by atoms with Crippen LogP contribution >= 0.6 is 0 Å². The molecule has 6 nitrogen and oxygen atoms in total. The Morgan fingerprint density at radius 1 is 0.929 bits per heavy atom. The molecule has 2 heterocycles. The van der Waals surface area contributed by atoms with Gasteiger partial charge in [0.15, 0.2) is 0 Å². The number of aryl methyl sites for hydroxylation is 1. The largest absolute Gasteiger partial charge is 0.378 e. The number of piperazine rings is 1. The van der Waals surface area contributed by atoms with Crippen molar-refractivity contribution in [3.05, 3.63) is 59.7 Å². The van der Waals surface area contributed by atoms with E-state index in [1.54, 1.807) is 9.80 Å². The number of ether oxygens (including phenoxy) is 1. The highest BCUT2D eigenvalue weighted by molar-refractivity contribution is 6.02. The Bertz CT molecular complexity index is 860. The Labute approximate surface area is 165 Å². The molecule has 2 aromatic rings. The Morgan fingerprint density at radius 3 is 2.39 bits per heavy atom. The van der Waals surface area contributed by atoms with E-state index in [1.165, 1.54) is 0 Å². The summed E-state index contributed by atoms with van der Waals surface area (Å²) in [5, 5.41) is 0. The maximum absolute atomic E-state index is 13.0. The van der Waals surface area contributed by atoms with Crippen LogP contribution in [0.5, 0.6) is 0 Å². The van der Waals surface area contributed by atoms with E-state index >= 15 is 0 Å². The van der Waals surface area contributed by atoms with E-state index in [2.05, 4.69) is 4.90 Å². The molecule has 2 saturated heterocycles. The number of amides is 2. The molecule has 146 valence electrons. The summed E-state index contributed by atoms with van der Waals surface area (Å²) in [7, 11) is 0. The first-order valence-corrected chi connectivity index (χ1v) is 9.71. The lowest BCUT2D eigenvalue weighted by atomic mass is 10.1. The normalized spacial score (nSPS) is 17.8. The van der Waals surface area contributed by atoms with Crippen LogP contribution in [0.1, 0.15) is 15.9 Å². The van der Waals surface area contributed by atoms with Gasteiger partial charge in [0, 0.05) is 43.1 Å². The summed E-state index contributed by atoms with van der Waals surface area (Å²) in [5.41, 5.74) is 3.70. The fraction of sp³-hybridized carbons (Fsp3) is 0.364. The van der Waals surface area contributed by atoms with Crippen molar-refractivity contribution in [2.75, 3.05) is 55.7 Å². The van der Waals surface area contributed by atoms with Crippen LogP contribution in [0.3, 0.4) is 0 Å². The number of carbonyl (C=O) groups is 2. The number of rotatable bonds is 3. The van der Waals surface area contributed by atoms with Crippen LogP contribution in [0.2, 0.25) is 0 Å². The predicted octanol–water partition coefficient (Wildman–Crippen LogP) is 2.32. The lowest BCUT2D eigenvalue weighted by molar-refractivity contribution is -0.120. The maximum Gasteiger partial charge on any atom is 0.254 e. The standard InChI is InChI=1S/C22H25N3O3/c1-17-5-7-19(8-6-17)25-10-9-24(16-21(25)26)22(27)18-3-2-4-20(15-18)23-11-13-28-14-12-23/h2-8,15H,9-14,16H2,1H3. The number of hydrogen-bond donors (Lipinski definition) is 0. The van der Waals surface area contributed by atoms with Crippen molar-refractivity contribution in [1.82, 2.24) is 4.90 Å². The summed E-state index contributed by atoms with van der Waals surface area (Å²) in [6, 6.07) is 15.6. The fourth-order valence-corrected chi connectivity index (χ4v) is 3.68. The quantitative estimate of drug-likeness (QED) is 0.821. The molecule has 6 heteroatoms. The number of nitrogens with zero attached hydrogens (tertiary/aromatic N) is 3. The average molecular weight is 379 g/mol. The third kappa shape index (κ3) is 3.87. The number of benzene rings is 2. The summed E-state index contributed by atoms with van der Waals surface area (Å²) in [6.07, 6.45) is 0. The summed E-state index contributed by atoms with van der Waals surface area (Å²) in [5.74, 6) is -0.139. The summed E-state index contributed by atoms with van der Waals surface area (Å²) >= 11 is 0. The van der Waals surface area contributed by atoms with E-state index in [0.29, 0.717) is 31.9 Å². The maximum atomic E-state index is 13.0. The van der Waals surface area contributed by atoms with Gasteiger partial charge in [-0.05, 0) is 37.3 Å². The molecule has 2 fully saturated rings. The van der Waals surface area contributed by atoms with Gasteiger partial charge < -0.3 is 19.4 Å². The van der Waals surface area contributed by atoms with E-state index in [1.807, 2.05) is 55.5 Å². The molecule has 0 radical (unpaired) electrons. The molecule has 2 amide bonds. The molecular weight excluding hydrogens is 354 g/mol. The Kier molecular flexibility index (Phi) is 5.30. The molecule has 2 aliphatic rings. The minimum atomic E-state index is -0.0907. The first kappa shape index (κ1) is 18.5. The van der Waals surface area contributed by atoms with Crippen molar-refractivity contribution in [3.63, 3.8) is 0 Å². The third-order valence-corrected chi connectivity index (χ3v) is 5.32. The summed E-state index contributed by atoms with van der Waals surface area (Å²) in [4.78, 5) is 31.3. The van der Waals surface area contributed by atoms with Crippen LogP contribution < -0.4 is 9.80 Å². The van der Waals surface area contributed by atoms with Crippen LogP contribution in [-0.4, -0.2) is 62.7 Å². The molecule has 0 aliphatic carbocycles. The SMILES string of the molecule is Cc1ccc(N2CCN(C(=O)c3cccc(N4CCOCC4)c3)CC2=O)cc1. The van der Waals surface area contributed by atoms with E-state index in [-0.39, 0.29) is 18.4 Å². The van der Waals surface area contributed by atoms with E-state index in [4.69, 9.17) is 4.74 Å². The van der Waals surface area contributed by atoms with Gasteiger partial charge in [0.2, 0.25) is 5.91 Å². The van der Waals surface area contributed by atoms with Gasteiger partial charge in [-0.15, -0.1) is 0 Å². The molecule has 0 bridgehead atoms. The molecule has 28 heavy (non-hydrogen) atoms. The fourth-order valence-electron chi connectivity index (χ4n) is 3.68. The van der Waals surface area contributed by atoms with Gasteiger partial charge in [-0.2, -0.15) is 0 Å². The predicted molar refractivity (Wildman–Crippen MR) is 109 cm³/mol. The van der Waals surface area contributed by atoms with Crippen molar-refractivity contribution in [1.29, 1.82) is 0 Å². The van der Waals surface area contributed by atoms with E-state index < -0.39 is 0 Å². The van der Waals surface area contributed by atoms with Crippen molar-refractivity contribution in [2.24, 2.45) is 0 Å². The highest BCUT2D eigenvalue weighted by Crippen LogP contribution is 2.21. The van der Waals surface area contributed by atoms with Gasteiger partial charge in [0.1, 0.15) is 6.54 Å². The number of anilines is 2. The van der Waals surface area contributed by atoms with Crippen molar-refractivity contribution in [2.45, 2.75) is 6.92 Å².